The van der Waals surface area contributed by atoms with Crippen molar-refractivity contribution in [2.75, 3.05) is 13.7 Å². The lowest BCUT2D eigenvalue weighted by Crippen LogP contribution is -2.39. The molecule has 5 rings (SSSR count). The van der Waals surface area contributed by atoms with E-state index in [-0.39, 0.29) is 24.0 Å². The minimum absolute atomic E-state index is 0.0648. The lowest BCUT2D eigenvalue weighted by Gasteiger charge is -2.44. The van der Waals surface area contributed by atoms with Crippen LogP contribution in [0.5, 0.6) is 11.5 Å². The number of carbonyl (C=O) groups excluding carboxylic acids is 2. The summed E-state index contributed by atoms with van der Waals surface area (Å²) in [4.78, 5) is 29.1. The second kappa shape index (κ2) is 11.0. The van der Waals surface area contributed by atoms with E-state index < -0.39 is 5.92 Å². The first kappa shape index (κ1) is 25.9. The average Bonchev–Trinajstić information content (AvgIpc) is 2.89. The maximum absolute atomic E-state index is 14.2. The number of benzene rings is 2. The topological polar surface area (TPSA) is 55.8 Å². The molecule has 5 nitrogen and oxygen atoms in total. The molecule has 0 atom stereocenters. The Balaban J connectivity index is 1.60. The van der Waals surface area contributed by atoms with Gasteiger partial charge in [0.2, 0.25) is 0 Å². The number of nitrogens with zero attached hydrogens (tertiary/aromatic N) is 1. The summed E-state index contributed by atoms with van der Waals surface area (Å²) >= 11 is 2.19. The average molecular weight is 615 g/mol. The highest BCUT2D eigenvalue weighted by Gasteiger charge is 2.43. The zero-order valence-electron chi connectivity index (χ0n) is 21.2. The van der Waals surface area contributed by atoms with Gasteiger partial charge in [0, 0.05) is 53.4 Å². The molecule has 0 fully saturated rings. The number of halogens is 2. The Kier molecular flexibility index (Phi) is 7.70. The Morgan fingerprint density at radius 3 is 2.24 bits per heavy atom. The van der Waals surface area contributed by atoms with Crippen LogP contribution >= 0.6 is 22.6 Å². The van der Waals surface area contributed by atoms with Gasteiger partial charge in [-0.1, -0.05) is 25.1 Å². The van der Waals surface area contributed by atoms with Crippen LogP contribution < -0.4 is 9.47 Å². The molecule has 1 aliphatic heterocycles. The van der Waals surface area contributed by atoms with Gasteiger partial charge in [0.1, 0.15) is 12.4 Å². The minimum atomic E-state index is -0.401. The third-order valence-corrected chi connectivity index (χ3v) is 8.25. The molecular formula is C30H31FINO4. The van der Waals surface area contributed by atoms with Gasteiger partial charge in [-0.25, -0.2) is 4.39 Å². The highest BCUT2D eigenvalue weighted by Crippen LogP contribution is 2.50. The van der Waals surface area contributed by atoms with E-state index in [4.69, 9.17) is 9.47 Å². The number of Topliss-reactive ketones (excluding diaryl/α,β-unsaturated/α-hetero) is 2. The van der Waals surface area contributed by atoms with Crippen LogP contribution in [0.15, 0.2) is 58.9 Å². The number of ether oxygens (including phenoxy) is 2. The van der Waals surface area contributed by atoms with E-state index in [0.29, 0.717) is 29.9 Å². The molecule has 0 saturated heterocycles. The Morgan fingerprint density at radius 1 is 1.00 bits per heavy atom. The molecular weight excluding hydrogens is 584 g/mol. The molecule has 0 aromatic heterocycles. The van der Waals surface area contributed by atoms with Gasteiger partial charge in [-0.05, 0) is 78.5 Å². The van der Waals surface area contributed by atoms with Crippen molar-refractivity contribution in [1.29, 1.82) is 0 Å². The largest absolute Gasteiger partial charge is 0.493 e. The summed E-state index contributed by atoms with van der Waals surface area (Å²) in [6.07, 6.45) is 5.32. The predicted octanol–water partition coefficient (Wildman–Crippen LogP) is 6.84. The van der Waals surface area contributed by atoms with Gasteiger partial charge >= 0.3 is 0 Å². The zero-order chi connectivity index (χ0) is 26.1. The highest BCUT2D eigenvalue weighted by molar-refractivity contribution is 14.1. The number of rotatable bonds is 7. The van der Waals surface area contributed by atoms with Crippen molar-refractivity contribution in [1.82, 2.24) is 4.90 Å². The number of carbonyl (C=O) groups is 2. The van der Waals surface area contributed by atoms with Gasteiger partial charge in [0.25, 0.3) is 0 Å². The Labute approximate surface area is 230 Å². The van der Waals surface area contributed by atoms with Crippen LogP contribution in [0, 0.1) is 9.39 Å². The van der Waals surface area contributed by atoms with Crippen molar-refractivity contribution in [2.45, 2.75) is 64.4 Å². The minimum Gasteiger partial charge on any atom is -0.493 e. The summed E-state index contributed by atoms with van der Waals surface area (Å²) in [6.45, 7) is 3.01. The molecule has 0 amide bonds. The normalized spacial score (nSPS) is 18.2. The molecule has 0 N–H and O–H groups in total. The smallest absolute Gasteiger partial charge is 0.174 e. The molecule has 0 bridgehead atoms. The highest BCUT2D eigenvalue weighted by atomic mass is 127. The number of methoxy groups -OCH3 is 1. The molecule has 0 radical (unpaired) electrons. The molecule has 2 aliphatic carbocycles. The zero-order valence-corrected chi connectivity index (χ0v) is 23.4. The number of hydrogen-bond donors (Lipinski definition) is 0. The lowest BCUT2D eigenvalue weighted by molar-refractivity contribution is -0.117. The fourth-order valence-corrected chi connectivity index (χ4v) is 6.64. The van der Waals surface area contributed by atoms with Crippen molar-refractivity contribution in [3.05, 3.63) is 79.5 Å². The van der Waals surface area contributed by atoms with E-state index in [1.54, 1.807) is 25.3 Å². The molecule has 194 valence electrons. The van der Waals surface area contributed by atoms with Gasteiger partial charge < -0.3 is 14.4 Å². The molecule has 2 aromatic rings. The molecule has 0 spiro atoms. The van der Waals surface area contributed by atoms with Gasteiger partial charge in [0.05, 0.1) is 10.7 Å². The third-order valence-electron chi connectivity index (χ3n) is 7.45. The van der Waals surface area contributed by atoms with E-state index in [1.807, 2.05) is 12.1 Å². The molecule has 0 unspecified atom stereocenters. The number of hydrogen-bond acceptors (Lipinski definition) is 5. The lowest BCUT2D eigenvalue weighted by atomic mass is 9.71. The second-order valence-corrected chi connectivity index (χ2v) is 10.9. The van der Waals surface area contributed by atoms with Crippen molar-refractivity contribution < 1.29 is 23.5 Å². The van der Waals surface area contributed by atoms with E-state index in [0.717, 1.165) is 70.3 Å². The van der Waals surface area contributed by atoms with Crippen molar-refractivity contribution >= 4 is 34.2 Å². The Morgan fingerprint density at radius 2 is 1.65 bits per heavy atom. The Hall–Kier alpha value is -2.68. The molecule has 7 heteroatoms. The first-order valence-electron chi connectivity index (χ1n) is 13.0. The molecule has 1 heterocycles. The van der Waals surface area contributed by atoms with Crippen molar-refractivity contribution in [3.8, 4) is 11.5 Å². The fourth-order valence-electron chi connectivity index (χ4n) is 5.86. The van der Waals surface area contributed by atoms with Crippen LogP contribution in [0.4, 0.5) is 4.39 Å². The van der Waals surface area contributed by atoms with Crippen LogP contribution in [0.25, 0.3) is 0 Å². The first-order valence-corrected chi connectivity index (χ1v) is 14.1. The van der Waals surface area contributed by atoms with E-state index in [9.17, 15) is 14.0 Å². The van der Waals surface area contributed by atoms with E-state index in [2.05, 4.69) is 34.4 Å². The van der Waals surface area contributed by atoms with Crippen molar-refractivity contribution in [3.63, 3.8) is 0 Å². The van der Waals surface area contributed by atoms with Crippen LogP contribution in [0.1, 0.15) is 68.9 Å². The maximum Gasteiger partial charge on any atom is 0.174 e. The predicted molar refractivity (Wildman–Crippen MR) is 148 cm³/mol. The molecule has 0 saturated carbocycles. The number of ketones is 2. The van der Waals surface area contributed by atoms with Gasteiger partial charge in [-0.2, -0.15) is 0 Å². The SMILES string of the molecule is CCCN1C2=C(C(=O)CCC2)C(c2cc(I)c(OCc3ccccc3F)c(OC)c2)C2=C1CCCC2=O. The second-order valence-electron chi connectivity index (χ2n) is 9.77. The standard InChI is InChI=1S/C30H31FINO4/c1-3-14-33-22-10-6-12-24(34)28(22)27(29-23(33)11-7-13-25(29)35)19-15-21(32)30(26(16-19)36-2)37-17-18-8-4-5-9-20(18)31/h4-5,8-9,15-16,27H,3,6-7,10-14,17H2,1-2H3. The Bertz CT molecular complexity index is 1270. The van der Waals surface area contributed by atoms with Crippen LogP contribution in [0.3, 0.4) is 0 Å². The maximum atomic E-state index is 14.2. The van der Waals surface area contributed by atoms with Crippen LogP contribution in [0.2, 0.25) is 0 Å². The van der Waals surface area contributed by atoms with E-state index >= 15 is 0 Å². The fraction of sp³-hybridized carbons (Fsp3) is 0.400. The number of allylic oxidation sites excluding steroid dienone is 4. The first-order chi connectivity index (χ1) is 17.9. The molecule has 2 aromatic carbocycles. The van der Waals surface area contributed by atoms with E-state index in [1.165, 1.54) is 6.07 Å². The summed E-state index contributed by atoms with van der Waals surface area (Å²) in [7, 11) is 1.57. The van der Waals surface area contributed by atoms with Crippen LogP contribution in [-0.4, -0.2) is 30.1 Å². The quantitative estimate of drug-likeness (QED) is 0.320. The summed E-state index contributed by atoms with van der Waals surface area (Å²) in [6, 6.07) is 10.4. The summed E-state index contributed by atoms with van der Waals surface area (Å²) in [5.74, 6) is 0.563. The van der Waals surface area contributed by atoms with Crippen molar-refractivity contribution in [2.24, 2.45) is 0 Å². The molecule has 37 heavy (non-hydrogen) atoms. The van der Waals surface area contributed by atoms with Gasteiger partial charge in [-0.15, -0.1) is 0 Å². The third kappa shape index (κ3) is 4.82. The monoisotopic (exact) mass is 615 g/mol. The van der Waals surface area contributed by atoms with Gasteiger partial charge in [-0.3, -0.25) is 9.59 Å². The van der Waals surface area contributed by atoms with Crippen LogP contribution in [-0.2, 0) is 16.2 Å². The molecule has 3 aliphatic rings. The van der Waals surface area contributed by atoms with Gasteiger partial charge in [0.15, 0.2) is 23.1 Å². The summed E-state index contributed by atoms with van der Waals surface area (Å²) in [5, 5.41) is 0. The summed E-state index contributed by atoms with van der Waals surface area (Å²) in [5.41, 5.74) is 5.04. The summed E-state index contributed by atoms with van der Waals surface area (Å²) < 4.78 is 26.7.